The van der Waals surface area contributed by atoms with E-state index in [1.165, 1.54) is 0 Å². The van der Waals surface area contributed by atoms with E-state index in [4.69, 9.17) is 10.5 Å². The van der Waals surface area contributed by atoms with Gasteiger partial charge in [-0.05, 0) is 43.9 Å². The van der Waals surface area contributed by atoms with Gasteiger partial charge in [0.25, 0.3) is 0 Å². The molecule has 0 amide bonds. The zero-order valence-corrected chi connectivity index (χ0v) is 11.9. The first-order chi connectivity index (χ1) is 10.4. The minimum absolute atomic E-state index is 0.124. The normalized spacial score (nSPS) is 22.7. The molecule has 118 valence electrons. The Morgan fingerprint density at radius 3 is 2.55 bits per heavy atom. The van der Waals surface area contributed by atoms with Gasteiger partial charge in [0.15, 0.2) is 0 Å². The van der Waals surface area contributed by atoms with Crippen LogP contribution in [-0.2, 0) is 0 Å². The Balaban J connectivity index is 1.74. The van der Waals surface area contributed by atoms with Gasteiger partial charge in [-0.25, -0.2) is 0 Å². The van der Waals surface area contributed by atoms with Gasteiger partial charge in [0.1, 0.15) is 5.75 Å². The first-order valence-corrected chi connectivity index (χ1v) is 7.31. The summed E-state index contributed by atoms with van der Waals surface area (Å²) in [5.74, 6) is -0.565. The second-order valence-electron chi connectivity index (χ2n) is 5.72. The average Bonchev–Trinajstić information content (AvgIpc) is 2.47. The van der Waals surface area contributed by atoms with E-state index in [0.717, 1.165) is 10.9 Å². The number of alkyl halides is 3. The number of anilines is 1. The van der Waals surface area contributed by atoms with Gasteiger partial charge in [0, 0.05) is 5.39 Å². The summed E-state index contributed by atoms with van der Waals surface area (Å²) >= 11 is 0. The summed E-state index contributed by atoms with van der Waals surface area (Å²) in [6.07, 6.45) is -1.64. The molecule has 0 spiro atoms. The van der Waals surface area contributed by atoms with Crippen molar-refractivity contribution in [2.24, 2.45) is 5.92 Å². The Morgan fingerprint density at radius 2 is 1.86 bits per heavy atom. The highest BCUT2D eigenvalue weighted by Gasteiger charge is 2.41. The van der Waals surface area contributed by atoms with E-state index in [1.54, 1.807) is 18.3 Å². The Hall–Kier alpha value is -1.98. The second-order valence-corrected chi connectivity index (χ2v) is 5.72. The number of aromatic nitrogens is 1. The highest BCUT2D eigenvalue weighted by Crippen LogP contribution is 2.39. The zero-order chi connectivity index (χ0) is 15.7. The van der Waals surface area contributed by atoms with Crippen molar-refractivity contribution in [2.45, 2.75) is 38.0 Å². The Labute approximate surface area is 126 Å². The maximum Gasteiger partial charge on any atom is 0.391 e. The topological polar surface area (TPSA) is 48.1 Å². The third kappa shape index (κ3) is 3.10. The first-order valence-electron chi connectivity index (χ1n) is 7.31. The molecule has 0 aliphatic heterocycles. The number of nitrogen functional groups attached to an aromatic ring is 1. The van der Waals surface area contributed by atoms with Crippen molar-refractivity contribution in [2.75, 3.05) is 5.73 Å². The Bertz CT molecular complexity index is 664. The smallest absolute Gasteiger partial charge is 0.391 e. The van der Waals surface area contributed by atoms with Gasteiger partial charge in [-0.3, -0.25) is 4.98 Å². The van der Waals surface area contributed by atoms with Crippen LogP contribution in [0.25, 0.3) is 10.9 Å². The summed E-state index contributed by atoms with van der Waals surface area (Å²) in [5, 5.41) is 0.792. The molecule has 2 N–H and O–H groups in total. The van der Waals surface area contributed by atoms with Gasteiger partial charge in [-0.15, -0.1) is 0 Å². The van der Waals surface area contributed by atoms with Crippen LogP contribution in [0, 0.1) is 5.92 Å². The summed E-state index contributed by atoms with van der Waals surface area (Å²) in [5.41, 5.74) is 7.04. The van der Waals surface area contributed by atoms with Crippen LogP contribution >= 0.6 is 0 Å². The van der Waals surface area contributed by atoms with Crippen molar-refractivity contribution in [1.82, 2.24) is 4.98 Å². The van der Waals surface area contributed by atoms with Gasteiger partial charge in [0.05, 0.1) is 29.4 Å². The van der Waals surface area contributed by atoms with Crippen molar-refractivity contribution in [3.05, 3.63) is 30.5 Å². The van der Waals surface area contributed by atoms with E-state index >= 15 is 0 Å². The highest BCUT2D eigenvalue weighted by atomic mass is 19.4. The first kappa shape index (κ1) is 14.9. The molecule has 3 nitrogen and oxygen atoms in total. The molecule has 0 unspecified atom stereocenters. The Morgan fingerprint density at radius 1 is 1.14 bits per heavy atom. The van der Waals surface area contributed by atoms with Gasteiger partial charge in [0.2, 0.25) is 0 Å². The maximum atomic E-state index is 12.7. The molecule has 2 aromatic rings. The maximum absolute atomic E-state index is 12.7. The zero-order valence-electron chi connectivity index (χ0n) is 11.9. The number of nitrogens with zero attached hydrogens (tertiary/aromatic N) is 1. The van der Waals surface area contributed by atoms with E-state index in [9.17, 15) is 13.2 Å². The largest absolute Gasteiger partial charge is 0.490 e. The van der Waals surface area contributed by atoms with Crippen LogP contribution in [-0.4, -0.2) is 17.3 Å². The second kappa shape index (κ2) is 5.66. The SMILES string of the molecule is Nc1cnc2cccc(O[C@H]3CC[C@H](C(F)(F)F)CC3)c2c1. The van der Waals surface area contributed by atoms with Crippen LogP contribution in [0.1, 0.15) is 25.7 Å². The minimum Gasteiger partial charge on any atom is -0.490 e. The molecule has 1 saturated carbocycles. The van der Waals surface area contributed by atoms with Crippen LogP contribution in [0.3, 0.4) is 0 Å². The number of nitrogens with two attached hydrogens (primary N) is 1. The van der Waals surface area contributed by atoms with Crippen LogP contribution < -0.4 is 10.5 Å². The third-order valence-electron chi connectivity index (χ3n) is 4.14. The molecular weight excluding hydrogens is 293 g/mol. The average molecular weight is 310 g/mol. The van der Waals surface area contributed by atoms with E-state index in [2.05, 4.69) is 4.98 Å². The lowest BCUT2D eigenvalue weighted by atomic mass is 9.87. The standard InChI is InChI=1S/C16H17F3N2O/c17-16(18,19)10-4-6-12(7-5-10)22-15-3-1-2-14-13(15)8-11(20)9-21-14/h1-3,8-10,12H,4-7,20H2/t10-,12-. The third-order valence-corrected chi connectivity index (χ3v) is 4.14. The molecule has 1 aliphatic carbocycles. The molecular formula is C16H17F3N2O. The number of halogens is 3. The number of rotatable bonds is 2. The summed E-state index contributed by atoms with van der Waals surface area (Å²) < 4.78 is 44.0. The van der Waals surface area contributed by atoms with E-state index in [0.29, 0.717) is 24.3 Å². The quantitative estimate of drug-likeness (QED) is 0.899. The lowest BCUT2D eigenvalue weighted by molar-refractivity contribution is -0.185. The summed E-state index contributed by atoms with van der Waals surface area (Å²) in [6, 6.07) is 7.25. The minimum atomic E-state index is -4.09. The number of fused-ring (bicyclic) bond motifs is 1. The van der Waals surface area contributed by atoms with Crippen molar-refractivity contribution in [3.8, 4) is 5.75 Å². The highest BCUT2D eigenvalue weighted by molar-refractivity contribution is 5.87. The number of hydrogen-bond acceptors (Lipinski definition) is 3. The van der Waals surface area contributed by atoms with E-state index < -0.39 is 12.1 Å². The molecule has 0 radical (unpaired) electrons. The summed E-state index contributed by atoms with van der Waals surface area (Å²) in [4.78, 5) is 4.23. The van der Waals surface area contributed by atoms with Crippen LogP contribution in [0.4, 0.5) is 18.9 Å². The molecule has 3 rings (SSSR count). The van der Waals surface area contributed by atoms with Gasteiger partial charge in [-0.2, -0.15) is 13.2 Å². The number of ether oxygens (including phenoxy) is 1. The molecule has 0 atom stereocenters. The number of pyridine rings is 1. The summed E-state index contributed by atoms with van der Waals surface area (Å²) in [6.45, 7) is 0. The fraction of sp³-hybridized carbons (Fsp3) is 0.438. The van der Waals surface area contributed by atoms with Crippen molar-refractivity contribution < 1.29 is 17.9 Å². The fourth-order valence-electron chi connectivity index (χ4n) is 2.93. The molecule has 0 saturated heterocycles. The van der Waals surface area contributed by atoms with Crippen molar-refractivity contribution in [1.29, 1.82) is 0 Å². The molecule has 1 aliphatic rings. The van der Waals surface area contributed by atoms with Crippen molar-refractivity contribution >= 4 is 16.6 Å². The molecule has 1 heterocycles. The van der Waals surface area contributed by atoms with E-state index in [-0.39, 0.29) is 18.9 Å². The number of hydrogen-bond donors (Lipinski definition) is 1. The van der Waals surface area contributed by atoms with Crippen LogP contribution in [0.15, 0.2) is 30.5 Å². The van der Waals surface area contributed by atoms with Gasteiger partial charge in [-0.1, -0.05) is 6.07 Å². The van der Waals surface area contributed by atoms with Gasteiger partial charge >= 0.3 is 6.18 Å². The van der Waals surface area contributed by atoms with Crippen LogP contribution in [0.5, 0.6) is 5.75 Å². The fourth-order valence-corrected chi connectivity index (χ4v) is 2.93. The summed E-state index contributed by atoms with van der Waals surface area (Å²) in [7, 11) is 0. The Kier molecular flexibility index (Phi) is 3.85. The molecule has 1 aromatic carbocycles. The lowest BCUT2D eigenvalue weighted by Gasteiger charge is -2.30. The number of benzene rings is 1. The molecule has 22 heavy (non-hydrogen) atoms. The molecule has 1 aromatic heterocycles. The molecule has 6 heteroatoms. The molecule has 0 bridgehead atoms. The van der Waals surface area contributed by atoms with Gasteiger partial charge < -0.3 is 10.5 Å². The molecule has 1 fully saturated rings. The lowest BCUT2D eigenvalue weighted by Crippen LogP contribution is -2.31. The van der Waals surface area contributed by atoms with Crippen molar-refractivity contribution in [3.63, 3.8) is 0 Å². The van der Waals surface area contributed by atoms with Crippen LogP contribution in [0.2, 0.25) is 0 Å². The monoisotopic (exact) mass is 310 g/mol. The van der Waals surface area contributed by atoms with E-state index in [1.807, 2.05) is 12.1 Å². The predicted molar refractivity (Wildman–Crippen MR) is 78.6 cm³/mol. The predicted octanol–water partition coefficient (Wildman–Crippen LogP) is 4.32.